The third-order valence-electron chi connectivity index (χ3n) is 5.36. The molecule has 1 amide bonds. The molecule has 0 unspecified atom stereocenters. The molecular weight excluding hydrogens is 470 g/mol. The predicted molar refractivity (Wildman–Crippen MR) is 131 cm³/mol. The summed E-state index contributed by atoms with van der Waals surface area (Å²) in [6.07, 6.45) is 0. The molecule has 0 saturated carbocycles. The highest BCUT2D eigenvalue weighted by Gasteiger charge is 2.23. The van der Waals surface area contributed by atoms with Crippen LogP contribution in [0.1, 0.15) is 31.3 Å². The Morgan fingerprint density at radius 1 is 0.971 bits per heavy atom. The minimum absolute atomic E-state index is 0.102. The van der Waals surface area contributed by atoms with Gasteiger partial charge in [-0.2, -0.15) is 9.78 Å². The lowest BCUT2D eigenvalue weighted by atomic mass is 10.1. The van der Waals surface area contributed by atoms with Crippen molar-refractivity contribution in [1.82, 2.24) is 9.78 Å². The van der Waals surface area contributed by atoms with E-state index in [-0.39, 0.29) is 22.2 Å². The predicted octanol–water partition coefficient (Wildman–Crippen LogP) is 3.65. The van der Waals surface area contributed by atoms with E-state index in [4.69, 9.17) is 9.47 Å². The monoisotopic (exact) mass is 491 g/mol. The fourth-order valence-electron chi connectivity index (χ4n) is 3.51. The number of rotatable bonds is 6. The van der Waals surface area contributed by atoms with Gasteiger partial charge in [-0.3, -0.25) is 9.59 Å². The zero-order chi connectivity index (χ0) is 25.1. The van der Waals surface area contributed by atoms with Gasteiger partial charge >= 0.3 is 11.9 Å². The summed E-state index contributed by atoms with van der Waals surface area (Å²) in [5.74, 6) is -2.07. The van der Waals surface area contributed by atoms with Gasteiger partial charge in [0.05, 0.1) is 23.7 Å². The van der Waals surface area contributed by atoms with Gasteiger partial charge in [0.25, 0.3) is 11.5 Å². The number of anilines is 1. The van der Waals surface area contributed by atoms with Crippen molar-refractivity contribution in [3.05, 3.63) is 86.6 Å². The topological polar surface area (TPSA) is 117 Å². The summed E-state index contributed by atoms with van der Waals surface area (Å²) in [6, 6.07) is 15.2. The highest BCUT2D eigenvalue weighted by Crippen LogP contribution is 2.32. The van der Waals surface area contributed by atoms with Crippen LogP contribution >= 0.6 is 11.3 Å². The van der Waals surface area contributed by atoms with Gasteiger partial charge in [-0.15, -0.1) is 11.3 Å². The van der Waals surface area contributed by atoms with Crippen LogP contribution in [0.3, 0.4) is 0 Å². The lowest BCUT2D eigenvalue weighted by molar-refractivity contribution is -0.119. The average molecular weight is 492 g/mol. The zero-order valence-electron chi connectivity index (χ0n) is 19.2. The van der Waals surface area contributed by atoms with E-state index in [1.54, 1.807) is 61.5 Å². The summed E-state index contributed by atoms with van der Waals surface area (Å²) in [5.41, 5.74) is 0.953. The second-order valence-corrected chi connectivity index (χ2v) is 8.77. The van der Waals surface area contributed by atoms with Crippen LogP contribution in [0.25, 0.3) is 16.5 Å². The molecule has 0 atom stereocenters. The Kier molecular flexibility index (Phi) is 6.74. The maximum absolute atomic E-state index is 13.0. The van der Waals surface area contributed by atoms with E-state index in [0.29, 0.717) is 21.6 Å². The number of para-hydroxylation sites is 1. The van der Waals surface area contributed by atoms with Crippen LogP contribution in [0.4, 0.5) is 5.00 Å². The number of thiophene rings is 1. The van der Waals surface area contributed by atoms with Gasteiger partial charge in [0.1, 0.15) is 5.00 Å². The normalized spacial score (nSPS) is 10.7. The molecule has 1 N–H and O–H groups in total. The number of carbonyl (C=O) groups excluding carboxylic acids is 3. The van der Waals surface area contributed by atoms with Gasteiger partial charge < -0.3 is 14.8 Å². The van der Waals surface area contributed by atoms with E-state index in [9.17, 15) is 19.2 Å². The van der Waals surface area contributed by atoms with Gasteiger partial charge in [0.15, 0.2) is 12.3 Å². The molecule has 2 aromatic carbocycles. The number of hydrogen-bond acceptors (Lipinski definition) is 8. The summed E-state index contributed by atoms with van der Waals surface area (Å²) in [4.78, 5) is 51.4. The standard InChI is InChI=1S/C25H21N3O6S/c1-14-15(2)35-22(20(14)24(31)33-3)26-19(29)13-34-25(32)21-17-11-7-8-12-18(17)23(30)28(27-21)16-9-5-4-6-10-16/h4-12H,13H2,1-3H3,(H,26,29). The summed E-state index contributed by atoms with van der Waals surface area (Å²) in [6.45, 7) is 2.96. The fourth-order valence-corrected chi connectivity index (χ4v) is 4.57. The second-order valence-electron chi connectivity index (χ2n) is 7.55. The quantitative estimate of drug-likeness (QED) is 0.409. The molecule has 0 spiro atoms. The minimum Gasteiger partial charge on any atom is -0.465 e. The average Bonchev–Trinajstić information content (AvgIpc) is 3.15. The molecule has 0 aliphatic heterocycles. The molecule has 4 rings (SSSR count). The number of nitrogens with zero attached hydrogens (tertiary/aromatic N) is 2. The van der Waals surface area contributed by atoms with Gasteiger partial charge in [-0.1, -0.05) is 36.4 Å². The van der Waals surface area contributed by atoms with Crippen molar-refractivity contribution in [1.29, 1.82) is 0 Å². The van der Waals surface area contributed by atoms with E-state index in [1.807, 2.05) is 6.92 Å². The molecule has 2 heterocycles. The van der Waals surface area contributed by atoms with Crippen LogP contribution in [0, 0.1) is 13.8 Å². The van der Waals surface area contributed by atoms with Crippen molar-refractivity contribution >= 4 is 45.0 Å². The number of aromatic nitrogens is 2. The SMILES string of the molecule is COC(=O)c1c(NC(=O)COC(=O)c2nn(-c3ccccc3)c(=O)c3ccccc23)sc(C)c1C. The Morgan fingerprint density at radius 3 is 2.31 bits per heavy atom. The number of hydrogen-bond donors (Lipinski definition) is 1. The highest BCUT2D eigenvalue weighted by atomic mass is 32.1. The largest absolute Gasteiger partial charge is 0.465 e. The van der Waals surface area contributed by atoms with E-state index in [2.05, 4.69) is 10.4 Å². The Labute approximate surface area is 203 Å². The molecule has 4 aromatic rings. The number of amides is 1. The first kappa shape index (κ1) is 23.8. The van der Waals surface area contributed by atoms with Crippen LogP contribution in [0.15, 0.2) is 59.4 Å². The Bertz CT molecular complexity index is 1510. The van der Waals surface area contributed by atoms with Crippen LogP contribution < -0.4 is 10.9 Å². The number of ether oxygens (including phenoxy) is 2. The van der Waals surface area contributed by atoms with Crippen LogP contribution in [-0.2, 0) is 14.3 Å². The van der Waals surface area contributed by atoms with Crippen molar-refractivity contribution in [3.8, 4) is 5.69 Å². The molecule has 0 radical (unpaired) electrons. The smallest absolute Gasteiger partial charge is 0.359 e. The molecule has 2 aromatic heterocycles. The number of fused-ring (bicyclic) bond motifs is 1. The molecule has 0 saturated heterocycles. The van der Waals surface area contributed by atoms with E-state index in [1.165, 1.54) is 18.4 Å². The zero-order valence-corrected chi connectivity index (χ0v) is 20.0. The van der Waals surface area contributed by atoms with E-state index in [0.717, 1.165) is 9.56 Å². The lowest BCUT2D eigenvalue weighted by Crippen LogP contribution is -2.27. The molecule has 0 fully saturated rings. The minimum atomic E-state index is -0.868. The van der Waals surface area contributed by atoms with E-state index >= 15 is 0 Å². The van der Waals surface area contributed by atoms with Gasteiger partial charge in [-0.25, -0.2) is 9.59 Å². The first-order valence-electron chi connectivity index (χ1n) is 10.5. The summed E-state index contributed by atoms with van der Waals surface area (Å²) >= 11 is 1.22. The van der Waals surface area contributed by atoms with Crippen LogP contribution in [-0.4, -0.2) is 41.3 Å². The van der Waals surface area contributed by atoms with Crippen molar-refractivity contribution in [3.63, 3.8) is 0 Å². The van der Waals surface area contributed by atoms with Gasteiger partial charge in [-0.05, 0) is 37.6 Å². The highest BCUT2D eigenvalue weighted by molar-refractivity contribution is 7.16. The first-order valence-corrected chi connectivity index (χ1v) is 11.4. The van der Waals surface area contributed by atoms with Crippen molar-refractivity contribution < 1.29 is 23.9 Å². The van der Waals surface area contributed by atoms with Crippen molar-refractivity contribution in [2.24, 2.45) is 0 Å². The van der Waals surface area contributed by atoms with Crippen molar-refractivity contribution in [2.45, 2.75) is 13.8 Å². The number of benzene rings is 2. The number of esters is 2. The van der Waals surface area contributed by atoms with Crippen LogP contribution in [0.5, 0.6) is 0 Å². The summed E-state index contributed by atoms with van der Waals surface area (Å²) in [5, 5.41) is 7.75. The number of nitrogens with one attached hydrogen (secondary N) is 1. The maximum Gasteiger partial charge on any atom is 0.359 e. The van der Waals surface area contributed by atoms with E-state index < -0.39 is 24.5 Å². The van der Waals surface area contributed by atoms with Gasteiger partial charge in [0.2, 0.25) is 0 Å². The maximum atomic E-state index is 13.0. The second kappa shape index (κ2) is 9.90. The molecule has 10 heteroatoms. The Hall–Kier alpha value is -4.31. The summed E-state index contributed by atoms with van der Waals surface area (Å²) < 4.78 is 11.1. The third-order valence-corrected chi connectivity index (χ3v) is 6.48. The molecule has 0 aliphatic rings. The molecule has 178 valence electrons. The first-order chi connectivity index (χ1) is 16.8. The molecule has 0 bridgehead atoms. The Morgan fingerprint density at radius 2 is 1.63 bits per heavy atom. The van der Waals surface area contributed by atoms with Crippen LogP contribution in [0.2, 0.25) is 0 Å². The third kappa shape index (κ3) is 4.69. The number of aryl methyl sites for hydroxylation is 1. The fraction of sp³-hybridized carbons (Fsp3) is 0.160. The summed E-state index contributed by atoms with van der Waals surface area (Å²) in [7, 11) is 1.26. The van der Waals surface area contributed by atoms with Gasteiger partial charge in [0, 0.05) is 10.3 Å². The number of carbonyl (C=O) groups is 3. The Balaban J connectivity index is 1.59. The van der Waals surface area contributed by atoms with Crippen molar-refractivity contribution in [2.75, 3.05) is 19.0 Å². The molecular formula is C25H21N3O6S. The molecule has 0 aliphatic carbocycles. The molecule has 9 nitrogen and oxygen atoms in total. The lowest BCUT2D eigenvalue weighted by Gasteiger charge is -2.11. The molecule has 35 heavy (non-hydrogen) atoms. The number of methoxy groups -OCH3 is 1.